The first-order valence-corrected chi connectivity index (χ1v) is 9.39. The van der Waals surface area contributed by atoms with Gasteiger partial charge in [-0.05, 0) is 37.5 Å². The van der Waals surface area contributed by atoms with Crippen LogP contribution in [0.4, 0.5) is 0 Å². The fraction of sp³-hybridized carbons (Fsp3) is 0.650. The summed E-state index contributed by atoms with van der Waals surface area (Å²) in [5.41, 5.74) is 0.765. The van der Waals surface area contributed by atoms with Crippen molar-refractivity contribution in [3.8, 4) is 5.75 Å². The molecule has 25 heavy (non-hydrogen) atoms. The molecule has 0 bridgehead atoms. The number of carbonyl (C=O) groups is 1. The Balaban J connectivity index is 1.73. The zero-order valence-electron chi connectivity index (χ0n) is 15.4. The number of aliphatic hydroxyl groups excluding tert-OH is 1. The summed E-state index contributed by atoms with van der Waals surface area (Å²) in [6.07, 6.45) is 3.78. The first-order valence-electron chi connectivity index (χ1n) is 9.39. The highest BCUT2D eigenvalue weighted by atomic mass is 16.5. The number of β-amino-alcohol motifs (C(OH)–C–C–N with tert-alkyl or cyclic N) is 1. The van der Waals surface area contributed by atoms with Crippen molar-refractivity contribution in [2.24, 2.45) is 0 Å². The normalized spacial score (nSPS) is 22.0. The molecule has 1 atom stereocenters. The van der Waals surface area contributed by atoms with Crippen LogP contribution in [0.5, 0.6) is 5.75 Å². The maximum Gasteiger partial charge on any atom is 0.233 e. The van der Waals surface area contributed by atoms with E-state index >= 15 is 0 Å². The van der Waals surface area contributed by atoms with E-state index in [-0.39, 0.29) is 17.4 Å². The summed E-state index contributed by atoms with van der Waals surface area (Å²) in [4.78, 5) is 17.7. The molecule has 2 aliphatic rings. The lowest BCUT2D eigenvalue weighted by Crippen LogP contribution is -2.54. The minimum atomic E-state index is -0.362. The molecular weight excluding hydrogens is 316 g/mol. The molecule has 2 fully saturated rings. The van der Waals surface area contributed by atoms with Gasteiger partial charge in [0.25, 0.3) is 0 Å². The molecule has 1 N–H and O–H groups in total. The number of piperazine rings is 1. The van der Waals surface area contributed by atoms with E-state index in [0.29, 0.717) is 6.54 Å². The predicted octanol–water partition coefficient (Wildman–Crippen LogP) is 2.03. The lowest BCUT2D eigenvalue weighted by molar-refractivity contribution is -0.139. The molecule has 0 spiro atoms. The Hall–Kier alpha value is -1.59. The van der Waals surface area contributed by atoms with E-state index in [4.69, 9.17) is 4.74 Å². The van der Waals surface area contributed by atoms with Gasteiger partial charge in [0.1, 0.15) is 5.75 Å². The van der Waals surface area contributed by atoms with Crippen LogP contribution in [0.15, 0.2) is 24.3 Å². The molecule has 1 amide bonds. The largest absolute Gasteiger partial charge is 0.497 e. The second-order valence-electron chi connectivity index (χ2n) is 7.46. The molecule has 1 aromatic carbocycles. The number of carbonyl (C=O) groups excluding carboxylic acids is 1. The number of nitrogens with zero attached hydrogens (tertiary/aromatic N) is 2. The Morgan fingerprint density at radius 3 is 2.28 bits per heavy atom. The van der Waals surface area contributed by atoms with Crippen LogP contribution >= 0.6 is 0 Å². The number of rotatable bonds is 5. The van der Waals surface area contributed by atoms with Crippen molar-refractivity contribution in [3.63, 3.8) is 0 Å². The van der Waals surface area contributed by atoms with Crippen molar-refractivity contribution < 1.29 is 14.6 Å². The van der Waals surface area contributed by atoms with Crippen LogP contribution < -0.4 is 4.74 Å². The summed E-state index contributed by atoms with van der Waals surface area (Å²) >= 11 is 0. The Morgan fingerprint density at radius 1 is 1.16 bits per heavy atom. The van der Waals surface area contributed by atoms with Gasteiger partial charge in [0.2, 0.25) is 5.91 Å². The molecule has 3 rings (SSSR count). The standard InChI is InChI=1S/C20H30N2O3/c1-16(23)15-21-11-13-22(14-12-21)19(24)20(9-3-4-10-20)17-5-7-18(25-2)8-6-17/h5-8,16,23H,3-4,9-15H2,1-2H3/t16-/m1/s1. The van der Waals surface area contributed by atoms with E-state index < -0.39 is 0 Å². The number of amides is 1. The monoisotopic (exact) mass is 346 g/mol. The molecule has 5 nitrogen and oxygen atoms in total. The van der Waals surface area contributed by atoms with Gasteiger partial charge in [0.15, 0.2) is 0 Å². The van der Waals surface area contributed by atoms with Crippen molar-refractivity contribution in [1.82, 2.24) is 9.80 Å². The summed E-state index contributed by atoms with van der Waals surface area (Å²) in [6, 6.07) is 8.05. The van der Waals surface area contributed by atoms with E-state index in [2.05, 4.69) is 17.0 Å². The highest BCUT2D eigenvalue weighted by molar-refractivity contribution is 5.88. The summed E-state index contributed by atoms with van der Waals surface area (Å²) < 4.78 is 5.26. The number of hydrogen-bond donors (Lipinski definition) is 1. The third kappa shape index (κ3) is 3.82. The van der Waals surface area contributed by atoms with Gasteiger partial charge in [0.05, 0.1) is 18.6 Å². The van der Waals surface area contributed by atoms with Crippen molar-refractivity contribution >= 4 is 5.91 Å². The van der Waals surface area contributed by atoms with Gasteiger partial charge in [-0.15, -0.1) is 0 Å². The van der Waals surface area contributed by atoms with Gasteiger partial charge in [-0.1, -0.05) is 25.0 Å². The third-order valence-electron chi connectivity index (χ3n) is 5.69. The second kappa shape index (κ2) is 7.75. The fourth-order valence-corrected chi connectivity index (χ4v) is 4.32. The van der Waals surface area contributed by atoms with E-state index in [1.165, 1.54) is 0 Å². The lowest BCUT2D eigenvalue weighted by atomic mass is 9.77. The zero-order valence-corrected chi connectivity index (χ0v) is 15.4. The minimum absolute atomic E-state index is 0.284. The molecule has 0 radical (unpaired) electrons. The zero-order chi connectivity index (χ0) is 17.9. The molecule has 1 saturated carbocycles. The van der Waals surface area contributed by atoms with Crippen LogP contribution in [-0.4, -0.2) is 66.8 Å². The number of aliphatic hydroxyl groups is 1. The number of hydrogen-bond acceptors (Lipinski definition) is 4. The van der Waals surface area contributed by atoms with E-state index in [0.717, 1.165) is 63.2 Å². The van der Waals surface area contributed by atoms with Gasteiger partial charge in [-0.2, -0.15) is 0 Å². The molecule has 138 valence electrons. The van der Waals surface area contributed by atoms with Crippen LogP contribution in [0.3, 0.4) is 0 Å². The van der Waals surface area contributed by atoms with Crippen molar-refractivity contribution in [3.05, 3.63) is 29.8 Å². The Labute approximate surface area is 150 Å². The average Bonchev–Trinajstić information content (AvgIpc) is 3.12. The molecular formula is C20H30N2O3. The Bertz CT molecular complexity index is 571. The van der Waals surface area contributed by atoms with E-state index in [9.17, 15) is 9.90 Å². The van der Waals surface area contributed by atoms with Crippen LogP contribution in [0.1, 0.15) is 38.2 Å². The number of ether oxygens (including phenoxy) is 1. The molecule has 1 heterocycles. The molecule has 1 aliphatic carbocycles. The first kappa shape index (κ1) is 18.2. The van der Waals surface area contributed by atoms with Gasteiger partial charge in [-0.25, -0.2) is 0 Å². The lowest BCUT2D eigenvalue weighted by Gasteiger charge is -2.40. The summed E-state index contributed by atoms with van der Waals surface area (Å²) in [5, 5.41) is 9.55. The predicted molar refractivity (Wildman–Crippen MR) is 97.8 cm³/mol. The molecule has 0 unspecified atom stereocenters. The summed E-state index contributed by atoms with van der Waals surface area (Å²) in [6.45, 7) is 5.69. The smallest absolute Gasteiger partial charge is 0.233 e. The summed E-state index contributed by atoms with van der Waals surface area (Å²) in [7, 11) is 1.66. The van der Waals surface area contributed by atoms with Crippen LogP contribution in [0.2, 0.25) is 0 Å². The fourth-order valence-electron chi connectivity index (χ4n) is 4.32. The third-order valence-corrected chi connectivity index (χ3v) is 5.69. The molecule has 1 aromatic rings. The molecule has 1 aliphatic heterocycles. The van der Waals surface area contributed by atoms with Crippen LogP contribution in [0, 0.1) is 0 Å². The van der Waals surface area contributed by atoms with Gasteiger partial charge in [-0.3, -0.25) is 9.69 Å². The van der Waals surface area contributed by atoms with Gasteiger partial charge < -0.3 is 14.7 Å². The Morgan fingerprint density at radius 2 is 1.76 bits per heavy atom. The molecule has 0 aromatic heterocycles. The van der Waals surface area contributed by atoms with Gasteiger partial charge in [0, 0.05) is 32.7 Å². The molecule has 1 saturated heterocycles. The van der Waals surface area contributed by atoms with Crippen molar-refractivity contribution in [2.45, 2.75) is 44.1 Å². The maximum absolute atomic E-state index is 13.4. The Kier molecular flexibility index (Phi) is 5.64. The first-order chi connectivity index (χ1) is 12.0. The quantitative estimate of drug-likeness (QED) is 0.886. The minimum Gasteiger partial charge on any atom is -0.497 e. The SMILES string of the molecule is COc1ccc(C2(C(=O)N3CCN(C[C@@H](C)O)CC3)CCCC2)cc1. The highest BCUT2D eigenvalue weighted by Gasteiger charge is 2.45. The van der Waals surface area contributed by atoms with Crippen molar-refractivity contribution in [2.75, 3.05) is 39.8 Å². The van der Waals surface area contributed by atoms with E-state index in [1.807, 2.05) is 24.0 Å². The van der Waals surface area contributed by atoms with E-state index in [1.54, 1.807) is 7.11 Å². The van der Waals surface area contributed by atoms with Gasteiger partial charge >= 0.3 is 0 Å². The topological polar surface area (TPSA) is 53.0 Å². The van der Waals surface area contributed by atoms with Crippen LogP contribution in [0.25, 0.3) is 0 Å². The highest BCUT2D eigenvalue weighted by Crippen LogP contribution is 2.43. The number of methoxy groups -OCH3 is 1. The number of benzene rings is 1. The maximum atomic E-state index is 13.4. The average molecular weight is 346 g/mol. The summed E-state index contributed by atoms with van der Waals surface area (Å²) in [5.74, 6) is 1.11. The van der Waals surface area contributed by atoms with Crippen molar-refractivity contribution in [1.29, 1.82) is 0 Å². The second-order valence-corrected chi connectivity index (χ2v) is 7.46. The molecule has 5 heteroatoms. The van der Waals surface area contributed by atoms with Crippen LogP contribution in [-0.2, 0) is 10.2 Å².